The summed E-state index contributed by atoms with van der Waals surface area (Å²) >= 11 is 0. The van der Waals surface area contributed by atoms with Gasteiger partial charge in [-0.15, -0.1) is 0 Å². The first-order chi connectivity index (χ1) is 14.5. The second kappa shape index (κ2) is 8.49. The minimum atomic E-state index is -0.296. The molecule has 1 aromatic heterocycles. The summed E-state index contributed by atoms with van der Waals surface area (Å²) in [5.41, 5.74) is 3.08. The molecule has 0 spiro atoms. The molecule has 5 heteroatoms. The number of nitrogens with one attached hydrogen (secondary N) is 1. The molecular weight excluding hydrogens is 374 g/mol. The zero-order valence-corrected chi connectivity index (χ0v) is 17.2. The molecule has 0 bridgehead atoms. The number of hydrogen-bond acceptors (Lipinski definition) is 3. The van der Waals surface area contributed by atoms with Crippen molar-refractivity contribution in [2.45, 2.75) is 19.4 Å². The number of amides is 2. The van der Waals surface area contributed by atoms with Gasteiger partial charge in [0.25, 0.3) is 5.91 Å². The zero-order valence-electron chi connectivity index (χ0n) is 17.2. The smallest absolute Gasteiger partial charge is 0.254 e. The lowest BCUT2D eigenvalue weighted by Gasteiger charge is -2.28. The van der Waals surface area contributed by atoms with Crippen LogP contribution in [-0.2, 0) is 4.79 Å². The highest BCUT2D eigenvalue weighted by Crippen LogP contribution is 2.38. The minimum absolute atomic E-state index is 0.0537. The van der Waals surface area contributed by atoms with Crippen LogP contribution in [0.5, 0.6) is 0 Å². The largest absolute Gasteiger partial charge is 0.329 e. The summed E-state index contributed by atoms with van der Waals surface area (Å²) in [6, 6.07) is 22.4. The average Bonchev–Trinajstić information content (AvgIpc) is 3.52. The van der Waals surface area contributed by atoms with Gasteiger partial charge in [0.15, 0.2) is 0 Å². The second-order valence-corrected chi connectivity index (χ2v) is 7.87. The highest BCUT2D eigenvalue weighted by atomic mass is 16.2. The normalized spacial score (nSPS) is 18.3. The number of carbonyl (C=O) groups excluding carboxylic acids is 2. The van der Waals surface area contributed by atoms with E-state index in [2.05, 4.69) is 17.2 Å². The molecule has 1 aliphatic carbocycles. The molecule has 152 valence electrons. The van der Waals surface area contributed by atoms with Crippen LogP contribution in [0, 0.1) is 11.8 Å². The SMILES string of the molecule is CC1CC1C(=O)Nc1ccc(C(=O)N(C)C(c2ccccc2)c2ccccn2)cc1. The number of carbonyl (C=O) groups is 2. The van der Waals surface area contributed by atoms with Gasteiger partial charge in [0, 0.05) is 30.4 Å². The van der Waals surface area contributed by atoms with E-state index in [-0.39, 0.29) is 23.8 Å². The summed E-state index contributed by atoms with van der Waals surface area (Å²) in [6.07, 6.45) is 2.68. The van der Waals surface area contributed by atoms with E-state index in [1.807, 2.05) is 48.5 Å². The molecule has 4 rings (SSSR count). The molecule has 2 amide bonds. The van der Waals surface area contributed by atoms with Gasteiger partial charge in [-0.2, -0.15) is 0 Å². The van der Waals surface area contributed by atoms with E-state index in [0.717, 1.165) is 17.7 Å². The van der Waals surface area contributed by atoms with Gasteiger partial charge in [-0.05, 0) is 54.3 Å². The van der Waals surface area contributed by atoms with Crippen molar-refractivity contribution in [1.82, 2.24) is 9.88 Å². The molecule has 30 heavy (non-hydrogen) atoms. The number of benzene rings is 2. The van der Waals surface area contributed by atoms with Gasteiger partial charge in [-0.25, -0.2) is 0 Å². The Morgan fingerprint density at radius 2 is 1.67 bits per heavy atom. The Labute approximate surface area is 176 Å². The van der Waals surface area contributed by atoms with Crippen molar-refractivity contribution in [3.63, 3.8) is 0 Å². The summed E-state index contributed by atoms with van der Waals surface area (Å²) in [6.45, 7) is 2.08. The molecule has 1 aliphatic rings. The third-order valence-electron chi connectivity index (χ3n) is 5.64. The Hall–Kier alpha value is -3.47. The Bertz CT molecular complexity index is 980. The van der Waals surface area contributed by atoms with Gasteiger partial charge < -0.3 is 10.2 Å². The first-order valence-corrected chi connectivity index (χ1v) is 10.2. The molecule has 5 nitrogen and oxygen atoms in total. The van der Waals surface area contributed by atoms with Gasteiger partial charge >= 0.3 is 0 Å². The summed E-state index contributed by atoms with van der Waals surface area (Å²) in [7, 11) is 1.79. The molecule has 1 heterocycles. The number of hydrogen-bond donors (Lipinski definition) is 1. The fraction of sp³-hybridized carbons (Fsp3) is 0.240. The Balaban J connectivity index is 1.54. The Morgan fingerprint density at radius 1 is 1.00 bits per heavy atom. The highest BCUT2D eigenvalue weighted by Gasteiger charge is 2.39. The summed E-state index contributed by atoms with van der Waals surface area (Å²) in [5, 5.41) is 2.93. The Morgan fingerprint density at radius 3 is 2.27 bits per heavy atom. The summed E-state index contributed by atoms with van der Waals surface area (Å²) in [4.78, 5) is 31.6. The Kier molecular flexibility index (Phi) is 5.61. The maximum absolute atomic E-state index is 13.2. The molecular formula is C25H25N3O2. The van der Waals surface area contributed by atoms with Crippen LogP contribution >= 0.6 is 0 Å². The number of anilines is 1. The van der Waals surface area contributed by atoms with E-state index in [0.29, 0.717) is 17.2 Å². The van der Waals surface area contributed by atoms with Crippen LogP contribution < -0.4 is 5.32 Å². The van der Waals surface area contributed by atoms with E-state index in [1.54, 1.807) is 42.4 Å². The van der Waals surface area contributed by atoms with Gasteiger partial charge in [0.05, 0.1) is 11.7 Å². The lowest BCUT2D eigenvalue weighted by molar-refractivity contribution is -0.117. The first-order valence-electron chi connectivity index (χ1n) is 10.2. The van der Waals surface area contributed by atoms with Crippen molar-refractivity contribution in [1.29, 1.82) is 0 Å². The average molecular weight is 399 g/mol. The van der Waals surface area contributed by atoms with Crippen LogP contribution in [0.3, 0.4) is 0 Å². The predicted molar refractivity (Wildman–Crippen MR) is 117 cm³/mol. The molecule has 3 atom stereocenters. The van der Waals surface area contributed by atoms with E-state index in [4.69, 9.17) is 0 Å². The van der Waals surface area contributed by atoms with Gasteiger partial charge in [0.1, 0.15) is 0 Å². The van der Waals surface area contributed by atoms with E-state index in [9.17, 15) is 9.59 Å². The predicted octanol–water partition coefficient (Wildman–Crippen LogP) is 4.54. The maximum atomic E-state index is 13.2. The number of rotatable bonds is 6. The molecule has 1 saturated carbocycles. The van der Waals surface area contributed by atoms with Crippen LogP contribution in [0.25, 0.3) is 0 Å². The molecule has 0 radical (unpaired) electrons. The monoisotopic (exact) mass is 399 g/mol. The molecule has 1 fully saturated rings. The highest BCUT2D eigenvalue weighted by molar-refractivity contribution is 5.97. The van der Waals surface area contributed by atoms with Crippen molar-refractivity contribution in [2.75, 3.05) is 12.4 Å². The first kappa shape index (κ1) is 19.8. The van der Waals surface area contributed by atoms with Gasteiger partial charge in [-0.1, -0.05) is 43.3 Å². The van der Waals surface area contributed by atoms with Crippen LogP contribution in [0.1, 0.15) is 41.0 Å². The topological polar surface area (TPSA) is 62.3 Å². The van der Waals surface area contributed by atoms with Crippen LogP contribution in [0.15, 0.2) is 79.0 Å². The summed E-state index contributed by atoms with van der Waals surface area (Å²) in [5.74, 6) is 0.518. The third kappa shape index (κ3) is 4.25. The number of pyridine rings is 1. The number of aromatic nitrogens is 1. The molecule has 0 aliphatic heterocycles. The van der Waals surface area contributed by atoms with Crippen LogP contribution in [0.4, 0.5) is 5.69 Å². The molecule has 1 N–H and O–H groups in total. The van der Waals surface area contributed by atoms with Gasteiger partial charge in [0.2, 0.25) is 5.91 Å². The zero-order chi connectivity index (χ0) is 21.1. The lowest BCUT2D eigenvalue weighted by atomic mass is 10.0. The van der Waals surface area contributed by atoms with E-state index >= 15 is 0 Å². The standard InChI is InChI=1S/C25H25N3O2/c1-17-16-21(17)24(29)27-20-13-11-19(12-14-20)25(30)28(2)23(18-8-4-3-5-9-18)22-10-6-7-15-26-22/h3-15,17,21,23H,16H2,1-2H3,(H,27,29). The fourth-order valence-electron chi connectivity index (χ4n) is 3.71. The second-order valence-electron chi connectivity index (χ2n) is 7.87. The van der Waals surface area contributed by atoms with Crippen molar-refractivity contribution >= 4 is 17.5 Å². The number of nitrogens with zero attached hydrogens (tertiary/aromatic N) is 2. The van der Waals surface area contributed by atoms with E-state index < -0.39 is 0 Å². The fourth-order valence-corrected chi connectivity index (χ4v) is 3.71. The molecule has 3 aromatic rings. The maximum Gasteiger partial charge on any atom is 0.254 e. The quantitative estimate of drug-likeness (QED) is 0.662. The minimum Gasteiger partial charge on any atom is -0.329 e. The van der Waals surface area contributed by atoms with Crippen molar-refractivity contribution < 1.29 is 9.59 Å². The van der Waals surface area contributed by atoms with Crippen molar-refractivity contribution in [2.24, 2.45) is 11.8 Å². The third-order valence-corrected chi connectivity index (χ3v) is 5.64. The molecule has 0 saturated heterocycles. The van der Waals surface area contributed by atoms with Crippen molar-refractivity contribution in [3.8, 4) is 0 Å². The van der Waals surface area contributed by atoms with Crippen LogP contribution in [0.2, 0.25) is 0 Å². The lowest BCUT2D eigenvalue weighted by Crippen LogP contribution is -2.32. The summed E-state index contributed by atoms with van der Waals surface area (Å²) < 4.78 is 0. The van der Waals surface area contributed by atoms with Crippen molar-refractivity contribution in [3.05, 3.63) is 95.8 Å². The van der Waals surface area contributed by atoms with Gasteiger partial charge in [-0.3, -0.25) is 14.6 Å². The van der Waals surface area contributed by atoms with E-state index in [1.165, 1.54) is 0 Å². The van der Waals surface area contributed by atoms with Crippen LogP contribution in [-0.4, -0.2) is 28.7 Å². The molecule has 3 unspecified atom stereocenters. The molecule has 2 aromatic carbocycles.